The van der Waals surface area contributed by atoms with Crippen molar-refractivity contribution in [3.05, 3.63) is 29.6 Å². The molecule has 0 heterocycles. The molecule has 1 aliphatic carbocycles. The van der Waals surface area contributed by atoms with E-state index in [1.807, 2.05) is 0 Å². The van der Waals surface area contributed by atoms with Gasteiger partial charge < -0.3 is 15.7 Å². The second-order valence-electron chi connectivity index (χ2n) is 5.60. The molecule has 1 aromatic carbocycles. The molecule has 114 valence electrons. The third kappa shape index (κ3) is 3.93. The third-order valence-electron chi connectivity index (χ3n) is 3.86. The first-order valence-corrected chi connectivity index (χ1v) is 6.97. The van der Waals surface area contributed by atoms with Gasteiger partial charge in [0.15, 0.2) is 0 Å². The summed E-state index contributed by atoms with van der Waals surface area (Å²) in [4.78, 5) is 23.0. The van der Waals surface area contributed by atoms with Gasteiger partial charge in [-0.1, -0.05) is 18.9 Å². The Hall–Kier alpha value is -2.11. The predicted octanol–water partition coefficient (Wildman–Crippen LogP) is 3.04. The molecule has 2 rings (SSSR count). The number of urea groups is 1. The Morgan fingerprint density at radius 1 is 1.33 bits per heavy atom. The van der Waals surface area contributed by atoms with Crippen LogP contribution in [0.1, 0.15) is 37.7 Å². The number of amides is 2. The quantitative estimate of drug-likeness (QED) is 0.798. The number of benzene rings is 1. The van der Waals surface area contributed by atoms with Crippen molar-refractivity contribution in [3.8, 4) is 0 Å². The number of hydrogen-bond acceptors (Lipinski definition) is 2. The van der Waals surface area contributed by atoms with Crippen molar-refractivity contribution < 1.29 is 19.1 Å². The zero-order chi connectivity index (χ0) is 15.5. The summed E-state index contributed by atoms with van der Waals surface area (Å²) in [5.74, 6) is -1.33. The lowest BCUT2D eigenvalue weighted by atomic mass is 9.93. The number of carboxylic acid groups (broad SMARTS) is 1. The summed E-state index contributed by atoms with van der Waals surface area (Å²) >= 11 is 0. The standard InChI is InChI=1S/C15H19FN2O3/c1-10-4-5-11(8-12(10)16)17-14(21)18-15(9-13(19)20)6-2-3-7-15/h4-5,8H,2-3,6-7,9H2,1H3,(H,19,20)(H2,17,18,21). The van der Waals surface area contributed by atoms with Crippen LogP contribution in [0.5, 0.6) is 0 Å². The molecule has 5 nitrogen and oxygen atoms in total. The minimum Gasteiger partial charge on any atom is -0.481 e. The highest BCUT2D eigenvalue weighted by atomic mass is 19.1. The van der Waals surface area contributed by atoms with Gasteiger partial charge in [0.1, 0.15) is 5.82 Å². The molecule has 0 saturated heterocycles. The third-order valence-corrected chi connectivity index (χ3v) is 3.86. The first-order valence-electron chi connectivity index (χ1n) is 6.97. The molecule has 0 aliphatic heterocycles. The molecule has 0 bridgehead atoms. The summed E-state index contributed by atoms with van der Waals surface area (Å²) in [5.41, 5.74) is 0.150. The molecule has 0 aromatic heterocycles. The Bertz CT molecular complexity index is 554. The van der Waals surface area contributed by atoms with Crippen LogP contribution in [0.25, 0.3) is 0 Å². The Morgan fingerprint density at radius 2 is 2.00 bits per heavy atom. The fourth-order valence-electron chi connectivity index (χ4n) is 2.76. The van der Waals surface area contributed by atoms with E-state index in [1.54, 1.807) is 19.1 Å². The zero-order valence-electron chi connectivity index (χ0n) is 11.9. The van der Waals surface area contributed by atoms with Gasteiger partial charge in [0.2, 0.25) is 0 Å². The largest absolute Gasteiger partial charge is 0.481 e. The molecule has 21 heavy (non-hydrogen) atoms. The van der Waals surface area contributed by atoms with E-state index in [0.717, 1.165) is 12.8 Å². The van der Waals surface area contributed by atoms with Gasteiger partial charge in [-0.05, 0) is 37.5 Å². The minimum atomic E-state index is -0.932. The summed E-state index contributed by atoms with van der Waals surface area (Å²) in [5, 5.41) is 14.3. The van der Waals surface area contributed by atoms with E-state index in [4.69, 9.17) is 5.11 Å². The molecular weight excluding hydrogens is 275 g/mol. The predicted molar refractivity (Wildman–Crippen MR) is 76.7 cm³/mol. The van der Waals surface area contributed by atoms with E-state index in [9.17, 15) is 14.0 Å². The van der Waals surface area contributed by atoms with Crippen LogP contribution in [0.3, 0.4) is 0 Å². The molecule has 0 unspecified atom stereocenters. The first-order chi connectivity index (χ1) is 9.90. The normalized spacial score (nSPS) is 16.5. The van der Waals surface area contributed by atoms with Crippen LogP contribution < -0.4 is 10.6 Å². The summed E-state index contributed by atoms with van der Waals surface area (Å²) in [6, 6.07) is 3.93. The average Bonchev–Trinajstić information content (AvgIpc) is 2.80. The fourth-order valence-corrected chi connectivity index (χ4v) is 2.76. The SMILES string of the molecule is Cc1ccc(NC(=O)NC2(CC(=O)O)CCCC2)cc1F. The summed E-state index contributed by atoms with van der Waals surface area (Å²) in [7, 11) is 0. The Balaban J connectivity index is 2.02. The lowest BCUT2D eigenvalue weighted by molar-refractivity contribution is -0.138. The average molecular weight is 294 g/mol. The maximum absolute atomic E-state index is 13.4. The Labute approximate surface area is 122 Å². The maximum atomic E-state index is 13.4. The number of carboxylic acids is 1. The molecule has 1 saturated carbocycles. The van der Waals surface area contributed by atoms with E-state index >= 15 is 0 Å². The molecule has 3 N–H and O–H groups in total. The Kier molecular flexibility index (Phi) is 4.45. The van der Waals surface area contributed by atoms with Crippen molar-refractivity contribution in [2.75, 3.05) is 5.32 Å². The summed E-state index contributed by atoms with van der Waals surface area (Å²) in [6.07, 6.45) is 2.99. The van der Waals surface area contributed by atoms with E-state index in [1.165, 1.54) is 6.07 Å². The second-order valence-corrected chi connectivity index (χ2v) is 5.60. The summed E-state index contributed by atoms with van der Waals surface area (Å²) < 4.78 is 13.4. The number of aliphatic carboxylic acids is 1. The number of halogens is 1. The molecule has 2 amide bonds. The molecular formula is C15H19FN2O3. The van der Waals surface area contributed by atoms with Crippen molar-refractivity contribution in [1.29, 1.82) is 0 Å². The van der Waals surface area contributed by atoms with E-state index < -0.39 is 23.4 Å². The first kappa shape index (κ1) is 15.3. The highest BCUT2D eigenvalue weighted by Crippen LogP contribution is 2.32. The number of rotatable bonds is 4. The maximum Gasteiger partial charge on any atom is 0.319 e. The van der Waals surface area contributed by atoms with Crippen LogP contribution in [0, 0.1) is 12.7 Å². The van der Waals surface area contributed by atoms with Gasteiger partial charge in [-0.15, -0.1) is 0 Å². The number of anilines is 1. The molecule has 1 aliphatic rings. The van der Waals surface area contributed by atoms with Crippen molar-refractivity contribution in [2.24, 2.45) is 0 Å². The number of carbonyl (C=O) groups excluding carboxylic acids is 1. The Morgan fingerprint density at radius 3 is 2.57 bits per heavy atom. The van der Waals surface area contributed by atoms with Gasteiger partial charge in [-0.2, -0.15) is 0 Å². The smallest absolute Gasteiger partial charge is 0.319 e. The number of nitrogens with one attached hydrogen (secondary N) is 2. The summed E-state index contributed by atoms with van der Waals surface area (Å²) in [6.45, 7) is 1.64. The zero-order valence-corrected chi connectivity index (χ0v) is 11.9. The molecule has 1 fully saturated rings. The van der Waals surface area contributed by atoms with E-state index in [-0.39, 0.29) is 6.42 Å². The lowest BCUT2D eigenvalue weighted by Crippen LogP contribution is -2.49. The van der Waals surface area contributed by atoms with Gasteiger partial charge in [0, 0.05) is 5.69 Å². The van der Waals surface area contributed by atoms with Crippen LogP contribution in [0.15, 0.2) is 18.2 Å². The van der Waals surface area contributed by atoms with Crippen LogP contribution in [0.2, 0.25) is 0 Å². The van der Waals surface area contributed by atoms with Crippen molar-refractivity contribution >= 4 is 17.7 Å². The number of aryl methyl sites for hydroxylation is 1. The van der Waals surface area contributed by atoms with Gasteiger partial charge in [-0.25, -0.2) is 9.18 Å². The fraction of sp³-hybridized carbons (Fsp3) is 0.467. The van der Waals surface area contributed by atoms with Crippen LogP contribution in [0.4, 0.5) is 14.9 Å². The molecule has 0 radical (unpaired) electrons. The monoisotopic (exact) mass is 294 g/mol. The molecule has 0 spiro atoms. The van der Waals surface area contributed by atoms with E-state index in [0.29, 0.717) is 24.1 Å². The minimum absolute atomic E-state index is 0.0946. The van der Waals surface area contributed by atoms with Gasteiger partial charge >= 0.3 is 12.0 Å². The lowest BCUT2D eigenvalue weighted by Gasteiger charge is -2.28. The van der Waals surface area contributed by atoms with Crippen molar-refractivity contribution in [2.45, 2.75) is 44.6 Å². The topological polar surface area (TPSA) is 78.4 Å². The van der Waals surface area contributed by atoms with Crippen LogP contribution in [-0.4, -0.2) is 22.6 Å². The molecule has 6 heteroatoms. The van der Waals surface area contributed by atoms with Crippen molar-refractivity contribution in [3.63, 3.8) is 0 Å². The second kappa shape index (κ2) is 6.11. The van der Waals surface area contributed by atoms with Gasteiger partial charge in [0.05, 0.1) is 12.0 Å². The highest BCUT2D eigenvalue weighted by molar-refractivity contribution is 5.90. The van der Waals surface area contributed by atoms with Gasteiger partial charge in [-0.3, -0.25) is 4.79 Å². The van der Waals surface area contributed by atoms with E-state index in [2.05, 4.69) is 10.6 Å². The number of carbonyl (C=O) groups is 2. The highest BCUT2D eigenvalue weighted by Gasteiger charge is 2.37. The molecule has 0 atom stereocenters. The van der Waals surface area contributed by atoms with Crippen molar-refractivity contribution in [1.82, 2.24) is 5.32 Å². The van der Waals surface area contributed by atoms with Gasteiger partial charge in [0.25, 0.3) is 0 Å². The number of hydrogen-bond donors (Lipinski definition) is 3. The molecule has 1 aromatic rings. The van der Waals surface area contributed by atoms with Crippen LogP contribution >= 0.6 is 0 Å². The van der Waals surface area contributed by atoms with Crippen LogP contribution in [-0.2, 0) is 4.79 Å².